The highest BCUT2D eigenvalue weighted by Gasteiger charge is 2.32. The molecule has 0 spiro atoms. The van der Waals surface area contributed by atoms with Gasteiger partial charge in [0.2, 0.25) is 0 Å². The molecule has 0 atom stereocenters. The minimum absolute atomic E-state index is 0.258. The van der Waals surface area contributed by atoms with Crippen LogP contribution >= 0.6 is 0 Å². The summed E-state index contributed by atoms with van der Waals surface area (Å²) in [6.07, 6.45) is 4.17. The van der Waals surface area contributed by atoms with Crippen LogP contribution < -0.4 is 5.32 Å². The first-order valence-corrected chi connectivity index (χ1v) is 6.93. The second kappa shape index (κ2) is 6.02. The molecule has 1 fully saturated rings. The monoisotopic (exact) mass is 226 g/mol. The number of hydrogen-bond acceptors (Lipinski definition) is 2. The first-order chi connectivity index (χ1) is 7.44. The molecule has 1 saturated carbocycles. The topological polar surface area (TPSA) is 15.3 Å². The molecule has 96 valence electrons. The molecule has 0 amide bonds. The Hall–Kier alpha value is -0.0800. The van der Waals surface area contributed by atoms with Crippen LogP contribution in [0.3, 0.4) is 0 Å². The number of nitrogens with one attached hydrogen (secondary N) is 1. The van der Waals surface area contributed by atoms with Crippen molar-refractivity contribution < 1.29 is 0 Å². The van der Waals surface area contributed by atoms with Crippen LogP contribution in [0.5, 0.6) is 0 Å². The van der Waals surface area contributed by atoms with Crippen LogP contribution in [-0.4, -0.2) is 36.1 Å². The van der Waals surface area contributed by atoms with Crippen molar-refractivity contribution in [3.8, 4) is 0 Å². The lowest BCUT2D eigenvalue weighted by molar-refractivity contribution is 0.185. The predicted molar refractivity (Wildman–Crippen MR) is 71.8 cm³/mol. The van der Waals surface area contributed by atoms with E-state index < -0.39 is 0 Å². The van der Waals surface area contributed by atoms with E-state index in [9.17, 15) is 0 Å². The summed E-state index contributed by atoms with van der Waals surface area (Å²) in [7, 11) is 0. The van der Waals surface area contributed by atoms with Crippen LogP contribution in [0.2, 0.25) is 0 Å². The van der Waals surface area contributed by atoms with Crippen LogP contribution in [0.1, 0.15) is 53.9 Å². The summed E-state index contributed by atoms with van der Waals surface area (Å²) in [5.74, 6) is 0.823. The first kappa shape index (κ1) is 14.0. The summed E-state index contributed by atoms with van der Waals surface area (Å²) >= 11 is 0. The first-order valence-electron chi connectivity index (χ1n) is 6.93. The van der Waals surface area contributed by atoms with E-state index in [1.165, 1.54) is 32.4 Å². The lowest BCUT2D eigenvalue weighted by atomic mass is 10.0. The van der Waals surface area contributed by atoms with E-state index in [1.54, 1.807) is 0 Å². The van der Waals surface area contributed by atoms with Crippen molar-refractivity contribution in [1.82, 2.24) is 10.2 Å². The molecule has 1 rings (SSSR count). The zero-order chi connectivity index (χ0) is 12.2. The molecule has 2 heteroatoms. The van der Waals surface area contributed by atoms with Gasteiger partial charge < -0.3 is 5.32 Å². The van der Waals surface area contributed by atoms with Crippen molar-refractivity contribution in [3.63, 3.8) is 0 Å². The maximum Gasteiger partial charge on any atom is 0.0252 e. The highest BCUT2D eigenvalue weighted by molar-refractivity contribution is 4.90. The summed E-state index contributed by atoms with van der Waals surface area (Å²) in [5.41, 5.74) is 0.258. The van der Waals surface area contributed by atoms with Gasteiger partial charge in [-0.1, -0.05) is 20.8 Å². The Bertz CT molecular complexity index is 195. The minimum Gasteiger partial charge on any atom is -0.311 e. The molecule has 1 aliphatic rings. The highest BCUT2D eigenvalue weighted by Crippen LogP contribution is 2.28. The normalized spacial score (nSPS) is 17.4. The average Bonchev–Trinajstić information content (AvgIpc) is 2.94. The molecule has 1 N–H and O–H groups in total. The molecule has 0 aromatic rings. The van der Waals surface area contributed by atoms with Crippen LogP contribution in [0, 0.1) is 5.92 Å². The van der Waals surface area contributed by atoms with Gasteiger partial charge in [-0.2, -0.15) is 0 Å². The third kappa shape index (κ3) is 5.31. The van der Waals surface area contributed by atoms with Crippen molar-refractivity contribution in [2.45, 2.75) is 65.5 Å². The Morgan fingerprint density at radius 3 is 2.38 bits per heavy atom. The summed E-state index contributed by atoms with van der Waals surface area (Å²) in [4.78, 5) is 2.70. The van der Waals surface area contributed by atoms with Gasteiger partial charge in [-0.25, -0.2) is 0 Å². The van der Waals surface area contributed by atoms with Gasteiger partial charge in [-0.15, -0.1) is 0 Å². The number of likely N-dealkylation sites (N-methyl/N-ethyl adjacent to an activating group) is 1. The minimum atomic E-state index is 0.258. The molecule has 0 aromatic heterocycles. The van der Waals surface area contributed by atoms with E-state index >= 15 is 0 Å². The molecule has 16 heavy (non-hydrogen) atoms. The molecule has 0 radical (unpaired) electrons. The zero-order valence-corrected chi connectivity index (χ0v) is 11.8. The van der Waals surface area contributed by atoms with E-state index in [1.807, 2.05) is 0 Å². The van der Waals surface area contributed by atoms with E-state index in [2.05, 4.69) is 44.8 Å². The van der Waals surface area contributed by atoms with Gasteiger partial charge in [0, 0.05) is 18.1 Å². The van der Waals surface area contributed by atoms with Gasteiger partial charge in [-0.3, -0.25) is 4.90 Å². The van der Waals surface area contributed by atoms with E-state index in [0.717, 1.165) is 18.5 Å². The number of hydrogen-bond donors (Lipinski definition) is 1. The van der Waals surface area contributed by atoms with Crippen LogP contribution in [0.25, 0.3) is 0 Å². The van der Waals surface area contributed by atoms with E-state index in [0.29, 0.717) is 0 Å². The second-order valence-corrected chi connectivity index (χ2v) is 6.30. The van der Waals surface area contributed by atoms with Crippen molar-refractivity contribution in [3.05, 3.63) is 0 Å². The van der Waals surface area contributed by atoms with Crippen LogP contribution in [0.4, 0.5) is 0 Å². The molecule has 0 saturated heterocycles. The Morgan fingerprint density at radius 1 is 1.31 bits per heavy atom. The Balaban J connectivity index is 2.38. The third-order valence-electron chi connectivity index (χ3n) is 3.31. The van der Waals surface area contributed by atoms with Gasteiger partial charge in [0.25, 0.3) is 0 Å². The number of rotatable bonds is 8. The molecule has 1 aliphatic carbocycles. The van der Waals surface area contributed by atoms with Gasteiger partial charge in [0.15, 0.2) is 0 Å². The zero-order valence-electron chi connectivity index (χ0n) is 11.8. The second-order valence-electron chi connectivity index (χ2n) is 6.30. The lowest BCUT2D eigenvalue weighted by Gasteiger charge is -2.34. The molecular weight excluding hydrogens is 196 g/mol. The predicted octanol–water partition coefficient (Wildman–Crippen LogP) is 2.89. The Kier molecular flexibility index (Phi) is 5.26. The van der Waals surface area contributed by atoms with Crippen molar-refractivity contribution >= 4 is 0 Å². The summed E-state index contributed by atoms with van der Waals surface area (Å²) < 4.78 is 0. The van der Waals surface area contributed by atoms with E-state index in [4.69, 9.17) is 0 Å². The van der Waals surface area contributed by atoms with Crippen molar-refractivity contribution in [2.24, 2.45) is 5.92 Å². The summed E-state index contributed by atoms with van der Waals surface area (Å²) in [6, 6.07) is 0.886. The average molecular weight is 226 g/mol. The smallest absolute Gasteiger partial charge is 0.0252 e. The van der Waals surface area contributed by atoms with Crippen molar-refractivity contribution in [1.29, 1.82) is 0 Å². The lowest BCUT2D eigenvalue weighted by Crippen LogP contribution is -2.50. The summed E-state index contributed by atoms with van der Waals surface area (Å²) in [5, 5.41) is 3.58. The molecule has 0 bridgehead atoms. The van der Waals surface area contributed by atoms with Gasteiger partial charge in [0.05, 0.1) is 0 Å². The fourth-order valence-corrected chi connectivity index (χ4v) is 2.30. The Labute approximate surface area is 102 Å². The fourth-order valence-electron chi connectivity index (χ4n) is 2.30. The molecule has 2 nitrogen and oxygen atoms in total. The molecule has 0 heterocycles. The van der Waals surface area contributed by atoms with Gasteiger partial charge in [0.1, 0.15) is 0 Å². The fraction of sp³-hybridized carbons (Fsp3) is 1.00. The maximum atomic E-state index is 3.58. The van der Waals surface area contributed by atoms with Gasteiger partial charge >= 0.3 is 0 Å². The summed E-state index contributed by atoms with van der Waals surface area (Å²) in [6.45, 7) is 15.0. The van der Waals surface area contributed by atoms with Gasteiger partial charge in [-0.05, 0) is 52.1 Å². The van der Waals surface area contributed by atoms with Crippen LogP contribution in [-0.2, 0) is 0 Å². The molecule has 0 aliphatic heterocycles. The van der Waals surface area contributed by atoms with Crippen LogP contribution in [0.15, 0.2) is 0 Å². The SMILES string of the molecule is CCNC(C)(C)CN(CCC(C)C)C1CC1. The standard InChI is InChI=1S/C14H30N2/c1-6-15-14(4,5)11-16(13-7-8-13)10-9-12(2)3/h12-13,15H,6-11H2,1-5H3. The highest BCUT2D eigenvalue weighted by atomic mass is 15.2. The molecular formula is C14H30N2. The number of nitrogens with zero attached hydrogens (tertiary/aromatic N) is 1. The quantitative estimate of drug-likeness (QED) is 0.684. The molecule has 0 unspecified atom stereocenters. The van der Waals surface area contributed by atoms with Crippen molar-refractivity contribution in [2.75, 3.05) is 19.6 Å². The molecule has 0 aromatic carbocycles. The Morgan fingerprint density at radius 2 is 1.94 bits per heavy atom. The maximum absolute atomic E-state index is 3.58. The van der Waals surface area contributed by atoms with E-state index in [-0.39, 0.29) is 5.54 Å². The largest absolute Gasteiger partial charge is 0.311 e. The third-order valence-corrected chi connectivity index (χ3v) is 3.31.